The predicted octanol–water partition coefficient (Wildman–Crippen LogP) is 3.46. The van der Waals surface area contributed by atoms with Gasteiger partial charge in [-0.15, -0.1) is 0 Å². The molecule has 0 unspecified atom stereocenters. The molecule has 1 N–H and O–H groups in total. The maximum Gasteiger partial charge on any atom is 0.269 e. The topological polar surface area (TPSA) is 106 Å². The van der Waals surface area contributed by atoms with Crippen molar-refractivity contribution in [2.24, 2.45) is 0 Å². The molecule has 0 atom stereocenters. The minimum atomic E-state index is -0.660. The van der Waals surface area contributed by atoms with Crippen molar-refractivity contribution >= 4 is 40.8 Å². The van der Waals surface area contributed by atoms with Gasteiger partial charge in [-0.05, 0) is 36.4 Å². The first-order valence-corrected chi connectivity index (χ1v) is 9.73. The molecule has 8 nitrogen and oxygen atoms in total. The number of fused-ring (bicyclic) bond motifs is 1. The van der Waals surface area contributed by atoms with Gasteiger partial charge in [-0.1, -0.05) is 29.3 Å². The molecule has 0 spiro atoms. The van der Waals surface area contributed by atoms with Crippen LogP contribution in [0, 0.1) is 11.3 Å². The number of halogens is 2. The van der Waals surface area contributed by atoms with E-state index < -0.39 is 11.5 Å². The molecule has 31 heavy (non-hydrogen) atoms. The third-order valence-electron chi connectivity index (χ3n) is 4.08. The van der Waals surface area contributed by atoms with Crippen molar-refractivity contribution in [1.82, 2.24) is 14.7 Å². The van der Waals surface area contributed by atoms with Gasteiger partial charge in [-0.2, -0.15) is 10.2 Å². The van der Waals surface area contributed by atoms with Crippen LogP contribution in [-0.4, -0.2) is 35.6 Å². The number of hydrogen-bond acceptors (Lipinski definition) is 6. The standard InChI is InChI=1S/C21H16Cl2N4O4/c1-30-9-7-25-19(28)13(12-24)10-15-20(31-17-6-5-14(22)11-16(17)23)26-18-4-2-3-8-27(18)21(15)29/h2-6,8,10-11H,7,9H2,1H3,(H,25,28)/b13-10+. The van der Waals surface area contributed by atoms with Crippen LogP contribution in [0.5, 0.6) is 11.6 Å². The van der Waals surface area contributed by atoms with E-state index in [1.54, 1.807) is 30.3 Å². The van der Waals surface area contributed by atoms with Gasteiger partial charge in [-0.25, -0.2) is 0 Å². The van der Waals surface area contributed by atoms with E-state index in [2.05, 4.69) is 10.3 Å². The van der Waals surface area contributed by atoms with Crippen molar-refractivity contribution < 1.29 is 14.3 Å². The van der Waals surface area contributed by atoms with Gasteiger partial charge in [0.2, 0.25) is 5.88 Å². The zero-order valence-electron chi connectivity index (χ0n) is 16.3. The number of hydrogen-bond donors (Lipinski definition) is 1. The van der Waals surface area contributed by atoms with Crippen molar-refractivity contribution in [2.75, 3.05) is 20.3 Å². The third-order valence-corrected chi connectivity index (χ3v) is 4.61. The maximum absolute atomic E-state index is 13.1. The van der Waals surface area contributed by atoms with E-state index in [9.17, 15) is 14.9 Å². The number of nitrogens with one attached hydrogen (secondary N) is 1. The average molecular weight is 459 g/mol. The Labute approximate surface area is 187 Å². The van der Waals surface area contributed by atoms with E-state index in [1.165, 1.54) is 29.8 Å². The highest BCUT2D eigenvalue weighted by molar-refractivity contribution is 6.35. The molecule has 158 valence electrons. The van der Waals surface area contributed by atoms with Gasteiger partial charge in [0.05, 0.1) is 11.6 Å². The Morgan fingerprint density at radius 3 is 2.84 bits per heavy atom. The summed E-state index contributed by atoms with van der Waals surface area (Å²) in [6.45, 7) is 0.473. The first-order valence-electron chi connectivity index (χ1n) is 8.98. The van der Waals surface area contributed by atoms with Crippen molar-refractivity contribution in [3.8, 4) is 17.7 Å². The zero-order valence-corrected chi connectivity index (χ0v) is 17.8. The van der Waals surface area contributed by atoms with Gasteiger partial charge in [0.15, 0.2) is 0 Å². The maximum atomic E-state index is 13.1. The SMILES string of the molecule is COCCNC(=O)/C(C#N)=C/c1c(Oc2ccc(Cl)cc2Cl)nc2ccccn2c1=O. The Morgan fingerprint density at radius 1 is 1.32 bits per heavy atom. The van der Waals surface area contributed by atoms with E-state index in [1.807, 2.05) is 0 Å². The minimum Gasteiger partial charge on any atom is -0.437 e. The van der Waals surface area contributed by atoms with Gasteiger partial charge in [0.1, 0.15) is 28.6 Å². The molecule has 0 aliphatic rings. The fourth-order valence-corrected chi connectivity index (χ4v) is 3.05. The number of methoxy groups -OCH3 is 1. The first kappa shape index (κ1) is 22.3. The summed E-state index contributed by atoms with van der Waals surface area (Å²) >= 11 is 12.1. The van der Waals surface area contributed by atoms with Crippen molar-refractivity contribution in [3.63, 3.8) is 0 Å². The second-order valence-electron chi connectivity index (χ2n) is 6.16. The quantitative estimate of drug-likeness (QED) is 0.330. The molecule has 2 aromatic heterocycles. The fraction of sp³-hybridized carbons (Fsp3) is 0.143. The lowest BCUT2D eigenvalue weighted by Crippen LogP contribution is -2.28. The Bertz CT molecular complexity index is 1260. The molecule has 2 heterocycles. The van der Waals surface area contributed by atoms with Crippen LogP contribution in [0.4, 0.5) is 0 Å². The van der Waals surface area contributed by atoms with Crippen LogP contribution in [0.3, 0.4) is 0 Å². The number of benzene rings is 1. The number of aromatic nitrogens is 2. The smallest absolute Gasteiger partial charge is 0.269 e. The summed E-state index contributed by atoms with van der Waals surface area (Å²) in [7, 11) is 1.49. The monoisotopic (exact) mass is 458 g/mol. The van der Waals surface area contributed by atoms with Crippen LogP contribution >= 0.6 is 23.2 Å². The summed E-state index contributed by atoms with van der Waals surface area (Å²) in [6.07, 6.45) is 2.65. The number of nitriles is 1. The molecule has 0 aliphatic carbocycles. The summed E-state index contributed by atoms with van der Waals surface area (Å²) in [5.41, 5.74) is -0.595. The van der Waals surface area contributed by atoms with Crippen LogP contribution in [0.2, 0.25) is 10.0 Å². The first-order chi connectivity index (χ1) is 14.9. The summed E-state index contributed by atoms with van der Waals surface area (Å²) < 4.78 is 11.9. The van der Waals surface area contributed by atoms with Gasteiger partial charge >= 0.3 is 0 Å². The molecule has 0 aliphatic heterocycles. The van der Waals surface area contributed by atoms with Crippen LogP contribution in [0.25, 0.3) is 11.7 Å². The number of carbonyl (C=O) groups is 1. The van der Waals surface area contributed by atoms with Crippen molar-refractivity contribution in [1.29, 1.82) is 5.26 Å². The van der Waals surface area contributed by atoms with Gasteiger partial charge < -0.3 is 14.8 Å². The zero-order chi connectivity index (χ0) is 22.4. The number of ether oxygens (including phenoxy) is 2. The van der Waals surface area contributed by atoms with E-state index in [0.29, 0.717) is 10.7 Å². The lowest BCUT2D eigenvalue weighted by molar-refractivity contribution is -0.117. The number of amides is 1. The van der Waals surface area contributed by atoms with Crippen molar-refractivity contribution in [2.45, 2.75) is 0 Å². The Morgan fingerprint density at radius 2 is 2.13 bits per heavy atom. The van der Waals surface area contributed by atoms with Crippen LogP contribution in [0.1, 0.15) is 5.56 Å². The summed E-state index contributed by atoms with van der Waals surface area (Å²) in [5.74, 6) is -0.568. The Balaban J connectivity index is 2.13. The molecule has 3 aromatic rings. The lowest BCUT2D eigenvalue weighted by atomic mass is 10.1. The lowest BCUT2D eigenvalue weighted by Gasteiger charge is -2.11. The molecular weight excluding hydrogens is 443 g/mol. The molecule has 0 radical (unpaired) electrons. The molecule has 0 saturated heterocycles. The molecule has 1 amide bonds. The summed E-state index contributed by atoms with van der Waals surface area (Å²) in [5, 5.41) is 12.6. The minimum absolute atomic E-state index is 0.0897. The van der Waals surface area contributed by atoms with E-state index in [4.69, 9.17) is 32.7 Å². The van der Waals surface area contributed by atoms with E-state index in [0.717, 1.165) is 6.08 Å². The molecule has 1 aromatic carbocycles. The molecular formula is C21H16Cl2N4O4. The predicted molar refractivity (Wildman–Crippen MR) is 116 cm³/mol. The summed E-state index contributed by atoms with van der Waals surface area (Å²) in [4.78, 5) is 29.8. The summed E-state index contributed by atoms with van der Waals surface area (Å²) in [6, 6.07) is 11.3. The van der Waals surface area contributed by atoms with Crippen molar-refractivity contribution in [3.05, 3.63) is 74.1 Å². The highest BCUT2D eigenvalue weighted by Gasteiger charge is 2.18. The number of carbonyl (C=O) groups excluding carboxylic acids is 1. The van der Waals surface area contributed by atoms with E-state index in [-0.39, 0.29) is 40.9 Å². The molecule has 0 saturated carbocycles. The van der Waals surface area contributed by atoms with Crippen LogP contribution in [-0.2, 0) is 9.53 Å². The number of nitrogens with zero attached hydrogens (tertiary/aromatic N) is 3. The normalized spacial score (nSPS) is 11.2. The molecule has 0 bridgehead atoms. The fourth-order valence-electron chi connectivity index (χ4n) is 2.60. The largest absolute Gasteiger partial charge is 0.437 e. The van der Waals surface area contributed by atoms with E-state index >= 15 is 0 Å². The number of rotatable bonds is 7. The molecule has 3 rings (SSSR count). The van der Waals surface area contributed by atoms with Gasteiger partial charge in [0.25, 0.3) is 11.5 Å². The number of pyridine rings is 1. The highest BCUT2D eigenvalue weighted by Crippen LogP contribution is 2.32. The second-order valence-corrected chi connectivity index (χ2v) is 7.00. The Hall–Kier alpha value is -3.38. The van der Waals surface area contributed by atoms with Crippen LogP contribution < -0.4 is 15.6 Å². The second kappa shape index (κ2) is 10.1. The Kier molecular flexibility index (Phi) is 7.26. The third kappa shape index (κ3) is 5.22. The van der Waals surface area contributed by atoms with Gasteiger partial charge in [-0.3, -0.25) is 14.0 Å². The average Bonchev–Trinajstić information content (AvgIpc) is 2.75. The molecule has 10 heteroatoms. The molecule has 0 fully saturated rings. The highest BCUT2D eigenvalue weighted by atomic mass is 35.5. The van der Waals surface area contributed by atoms with Crippen LogP contribution in [0.15, 0.2) is 53.0 Å². The van der Waals surface area contributed by atoms with Gasteiger partial charge in [0, 0.05) is 24.9 Å².